The predicted molar refractivity (Wildman–Crippen MR) is 258 cm³/mol. The van der Waals surface area contributed by atoms with Gasteiger partial charge < -0.3 is 48.5 Å². The predicted octanol–water partition coefficient (Wildman–Crippen LogP) is 7.21. The molecule has 14 unspecified atom stereocenters. The number of fused-ring (bicyclic) bond motifs is 4. The molecule has 3 N–H and O–H groups in total. The van der Waals surface area contributed by atoms with Crippen molar-refractivity contribution in [2.75, 3.05) is 20.8 Å². The number of allylic oxidation sites excluding steroid dienone is 5. The lowest BCUT2D eigenvalue weighted by Gasteiger charge is -2.47. The average Bonchev–Trinajstić information content (AvgIpc) is 3.71. The topological polar surface area (TPSA) is 183 Å². The van der Waals surface area contributed by atoms with E-state index in [9.17, 15) is 34.5 Å². The van der Waals surface area contributed by atoms with Gasteiger partial charge in [-0.3, -0.25) is 14.4 Å². The van der Waals surface area contributed by atoms with E-state index < -0.39 is 90.0 Å². The van der Waals surface area contributed by atoms with Gasteiger partial charge in [0.2, 0.25) is 5.79 Å². The van der Waals surface area contributed by atoms with Crippen LogP contribution in [0, 0.1) is 29.6 Å². The number of hydrogen-bond acceptors (Lipinski definition) is 12. The van der Waals surface area contributed by atoms with E-state index in [4.69, 9.17) is 23.7 Å². The highest BCUT2D eigenvalue weighted by Crippen LogP contribution is 2.40. The lowest BCUT2D eigenvalue weighted by molar-refractivity contribution is -0.302. The Bertz CT molecular complexity index is 2180. The third kappa shape index (κ3) is 12.1. The van der Waals surface area contributed by atoms with Gasteiger partial charge in [-0.1, -0.05) is 50.6 Å². The van der Waals surface area contributed by atoms with Gasteiger partial charge in [0.1, 0.15) is 35.9 Å². The lowest BCUT2D eigenvalue weighted by atomic mass is 9.81. The molecule has 1 aliphatic carbocycles. The van der Waals surface area contributed by atoms with E-state index in [0.717, 1.165) is 16.5 Å². The van der Waals surface area contributed by atoms with Gasteiger partial charge in [-0.2, -0.15) is 0 Å². The highest BCUT2D eigenvalue weighted by Gasteiger charge is 2.56. The van der Waals surface area contributed by atoms with Crippen molar-refractivity contribution in [2.45, 2.75) is 166 Å². The molecule has 68 heavy (non-hydrogen) atoms. The number of ketones is 2. The first kappa shape index (κ1) is 52.9. The molecule has 3 aliphatic heterocycles. The standard InChI is InChI=1S/C54H76N2O12/c1-10-14-39-25-32(3)24-33(4)26-47(64-8)50-48(65-9)28-35(6)54(63,68-50)51(60)52(61)56-22-13-12-15-42(56)53(62)67-49(36(7)43(57)31-44(39)58)34(5)27-37-16-19-46(45(59)29-37)66-40-17-18-41-38(30-40)20-23-55(41)21-11-2/h10-11,17-18,20,23,25,27,30,33,35-37,39,42-43,45-50,57,59,63H,1-2,12-16,19,21-22,24,26,28-29,31H2,3-9H3. The van der Waals surface area contributed by atoms with Gasteiger partial charge in [0.15, 0.2) is 0 Å². The average molecular weight is 945 g/mol. The number of aliphatic hydroxyl groups is 3. The van der Waals surface area contributed by atoms with Crippen molar-refractivity contribution in [2.24, 2.45) is 29.6 Å². The van der Waals surface area contributed by atoms with Crippen LogP contribution >= 0.6 is 0 Å². The van der Waals surface area contributed by atoms with Crippen LogP contribution in [0.2, 0.25) is 0 Å². The van der Waals surface area contributed by atoms with Crippen molar-refractivity contribution in [3.05, 3.63) is 79.1 Å². The summed E-state index contributed by atoms with van der Waals surface area (Å²) in [7, 11) is 3.05. The molecule has 1 amide bonds. The summed E-state index contributed by atoms with van der Waals surface area (Å²) < 4.78 is 32.9. The molecule has 14 atom stereocenters. The van der Waals surface area contributed by atoms with Crippen molar-refractivity contribution in [1.82, 2.24) is 9.47 Å². The normalized spacial score (nSPS) is 35.4. The van der Waals surface area contributed by atoms with Gasteiger partial charge in [-0.25, -0.2) is 4.79 Å². The number of aliphatic hydroxyl groups excluding tert-OH is 2. The summed E-state index contributed by atoms with van der Waals surface area (Å²) in [6, 6.07) is 6.72. The first-order chi connectivity index (χ1) is 32.4. The molecule has 0 radical (unpaired) electrons. The molecule has 4 heterocycles. The molecular formula is C54H76N2O12. The van der Waals surface area contributed by atoms with Crippen molar-refractivity contribution < 1.29 is 58.2 Å². The molecule has 6 rings (SSSR count). The number of methoxy groups -OCH3 is 2. The highest BCUT2D eigenvalue weighted by atomic mass is 16.7. The summed E-state index contributed by atoms with van der Waals surface area (Å²) in [5.74, 6) is -7.39. The van der Waals surface area contributed by atoms with Gasteiger partial charge in [-0.15, -0.1) is 13.2 Å². The van der Waals surface area contributed by atoms with Gasteiger partial charge in [0.25, 0.3) is 11.7 Å². The van der Waals surface area contributed by atoms with Crippen LogP contribution in [-0.2, 0) is 44.7 Å². The molecule has 14 nitrogen and oxygen atoms in total. The second-order valence-electron chi connectivity index (χ2n) is 20.1. The molecule has 1 aromatic carbocycles. The first-order valence-electron chi connectivity index (χ1n) is 24.7. The molecular weight excluding hydrogens is 869 g/mol. The largest absolute Gasteiger partial charge is 0.488 e. The number of cyclic esters (lactones) is 1. The van der Waals surface area contributed by atoms with E-state index >= 15 is 0 Å². The third-order valence-electron chi connectivity index (χ3n) is 14.9. The van der Waals surface area contributed by atoms with E-state index in [2.05, 4.69) is 17.7 Å². The number of piperidine rings is 1. The van der Waals surface area contributed by atoms with Crippen LogP contribution in [0.3, 0.4) is 0 Å². The number of carbonyl (C=O) groups is 4. The molecule has 2 bridgehead atoms. The molecule has 374 valence electrons. The monoisotopic (exact) mass is 945 g/mol. The molecule has 3 fully saturated rings. The number of rotatable bonds is 10. The molecule has 1 saturated carbocycles. The first-order valence-corrected chi connectivity index (χ1v) is 24.7. The van der Waals surface area contributed by atoms with Crippen LogP contribution in [0.4, 0.5) is 0 Å². The Morgan fingerprint density at radius 3 is 2.34 bits per heavy atom. The molecule has 0 spiro atoms. The van der Waals surface area contributed by atoms with E-state index in [1.54, 1.807) is 19.9 Å². The van der Waals surface area contributed by atoms with Crippen LogP contribution < -0.4 is 4.74 Å². The maximum atomic E-state index is 14.5. The highest BCUT2D eigenvalue weighted by molar-refractivity contribution is 6.39. The minimum absolute atomic E-state index is 0.00531. The van der Waals surface area contributed by atoms with E-state index in [1.807, 2.05) is 69.5 Å². The number of hydrogen-bond donors (Lipinski definition) is 3. The Morgan fingerprint density at radius 1 is 0.912 bits per heavy atom. The lowest BCUT2D eigenvalue weighted by Crippen LogP contribution is -2.64. The summed E-state index contributed by atoms with van der Waals surface area (Å²) in [6.07, 6.45) is 8.04. The fraction of sp³-hybridized carbons (Fsp3) is 0.630. The Hall–Kier alpha value is -4.44. The number of Topliss-reactive ketones (excluding diaryl/α,β-unsaturated/α-hetero) is 2. The second-order valence-corrected chi connectivity index (χ2v) is 20.1. The van der Waals surface area contributed by atoms with E-state index in [0.29, 0.717) is 69.2 Å². The second kappa shape index (κ2) is 23.4. The third-order valence-corrected chi connectivity index (χ3v) is 14.9. The van der Waals surface area contributed by atoms with Gasteiger partial charge >= 0.3 is 5.97 Å². The van der Waals surface area contributed by atoms with Gasteiger partial charge in [0.05, 0.1) is 24.4 Å². The molecule has 2 aromatic rings. The number of amides is 1. The zero-order valence-corrected chi connectivity index (χ0v) is 41.2. The summed E-state index contributed by atoms with van der Waals surface area (Å²) in [5, 5.41) is 36.5. The quantitative estimate of drug-likeness (QED) is 0.124. The molecule has 2 saturated heterocycles. The van der Waals surface area contributed by atoms with Gasteiger partial charge in [-0.05, 0) is 120 Å². The zero-order valence-electron chi connectivity index (χ0n) is 41.2. The molecule has 14 heteroatoms. The van der Waals surface area contributed by atoms with Crippen molar-refractivity contribution in [1.29, 1.82) is 0 Å². The summed E-state index contributed by atoms with van der Waals surface area (Å²) in [6.45, 7) is 17.7. The van der Waals surface area contributed by atoms with Crippen LogP contribution in [0.15, 0.2) is 79.1 Å². The summed E-state index contributed by atoms with van der Waals surface area (Å²) in [5.41, 5.74) is 2.62. The number of esters is 1. The van der Waals surface area contributed by atoms with Crippen molar-refractivity contribution in [3.8, 4) is 5.75 Å². The van der Waals surface area contributed by atoms with Crippen molar-refractivity contribution in [3.63, 3.8) is 0 Å². The Kier molecular flexibility index (Phi) is 18.2. The van der Waals surface area contributed by atoms with Crippen LogP contribution in [-0.4, -0.2) is 124 Å². The molecule has 1 aromatic heterocycles. The molecule has 4 aliphatic rings. The number of aromatic nitrogens is 1. The minimum atomic E-state index is -2.53. The fourth-order valence-electron chi connectivity index (χ4n) is 11.0. The van der Waals surface area contributed by atoms with Crippen LogP contribution in [0.25, 0.3) is 10.9 Å². The van der Waals surface area contributed by atoms with Crippen LogP contribution in [0.1, 0.15) is 105 Å². The van der Waals surface area contributed by atoms with Crippen molar-refractivity contribution >= 4 is 34.3 Å². The number of nitrogens with zero attached hydrogens (tertiary/aromatic N) is 2. The minimum Gasteiger partial charge on any atom is -0.488 e. The Labute approximate surface area is 402 Å². The zero-order chi connectivity index (χ0) is 49.4. The SMILES string of the molecule is C=CCC1C=C(C)CC(C)CC(OC)C2OC(O)(C(=O)C(=O)N3CCCCC3C(=O)OC(C(C)=CC3CCC(Oc4ccc5c(ccn5CC=C)c4)C(O)C3)C(C)C(O)CC1=O)C(C)CC2OC. The Balaban J connectivity index is 1.29. The van der Waals surface area contributed by atoms with Crippen LogP contribution in [0.5, 0.6) is 5.75 Å². The maximum Gasteiger partial charge on any atom is 0.329 e. The van der Waals surface area contributed by atoms with Gasteiger partial charge in [0, 0.05) is 68.6 Å². The van der Waals surface area contributed by atoms with E-state index in [1.165, 1.54) is 19.1 Å². The Morgan fingerprint density at radius 2 is 1.65 bits per heavy atom. The fourth-order valence-corrected chi connectivity index (χ4v) is 11.0. The maximum absolute atomic E-state index is 14.5. The van der Waals surface area contributed by atoms with E-state index in [-0.39, 0.29) is 43.4 Å². The number of carbonyl (C=O) groups excluding carboxylic acids is 4. The summed E-state index contributed by atoms with van der Waals surface area (Å²) >= 11 is 0. The number of ether oxygens (including phenoxy) is 5. The smallest absolute Gasteiger partial charge is 0.329 e. The summed E-state index contributed by atoms with van der Waals surface area (Å²) in [4.78, 5) is 58.5. The number of benzene rings is 1.